The molecule has 5 heteroatoms. The average molecular weight is 683 g/mol. The number of nitrogens with zero attached hydrogens (tertiary/aromatic N) is 3. The van der Waals surface area contributed by atoms with Gasteiger partial charge in [-0.1, -0.05) is 101 Å². The van der Waals surface area contributed by atoms with Crippen LogP contribution in [0.2, 0.25) is 0 Å². The molecule has 1 atom stereocenters. The van der Waals surface area contributed by atoms with Crippen molar-refractivity contribution in [3.63, 3.8) is 0 Å². The zero-order chi connectivity index (χ0) is 32.0. The zero-order valence-electron chi connectivity index (χ0n) is 26.9. The van der Waals surface area contributed by atoms with Crippen LogP contribution in [0.25, 0.3) is 21.7 Å². The fourth-order valence-corrected chi connectivity index (χ4v) is 8.32. The summed E-state index contributed by atoms with van der Waals surface area (Å²) in [4.78, 5) is 10.3. The Morgan fingerprint density at radius 2 is 1.51 bits per heavy atom. The van der Waals surface area contributed by atoms with Gasteiger partial charge in [-0.05, 0) is 88.5 Å². The molecule has 4 nitrogen and oxygen atoms in total. The molecule has 2 bridgehead atoms. The molecule has 1 N–H and O–H groups in total. The second-order valence-electron chi connectivity index (χ2n) is 13.5. The molecule has 5 aromatic carbocycles. The van der Waals surface area contributed by atoms with Crippen molar-refractivity contribution in [2.24, 2.45) is 5.92 Å². The first kappa shape index (κ1) is 30.2. The number of halogens is 1. The molecule has 0 spiro atoms. The van der Waals surface area contributed by atoms with Gasteiger partial charge in [-0.25, -0.2) is 4.98 Å². The van der Waals surface area contributed by atoms with Crippen LogP contribution in [0.1, 0.15) is 47.1 Å². The number of rotatable bonds is 6. The lowest BCUT2D eigenvalue weighted by molar-refractivity contribution is 0.0759. The highest BCUT2D eigenvalue weighted by atomic mass is 79.9. The molecule has 2 aliphatic rings. The van der Waals surface area contributed by atoms with Gasteiger partial charge in [-0.2, -0.15) is 0 Å². The summed E-state index contributed by atoms with van der Waals surface area (Å²) >= 11 is 3.83. The van der Waals surface area contributed by atoms with Crippen molar-refractivity contribution in [3.05, 3.63) is 148 Å². The summed E-state index contributed by atoms with van der Waals surface area (Å²) in [5.41, 5.74) is 6.57. The van der Waals surface area contributed by atoms with Gasteiger partial charge in [0.05, 0.1) is 5.52 Å². The molecule has 0 aliphatic carbocycles. The number of hydrogen-bond acceptors (Lipinski definition) is 4. The smallest absolute Gasteiger partial charge is 0.132 e. The van der Waals surface area contributed by atoms with E-state index in [9.17, 15) is 5.11 Å². The third-order valence-electron chi connectivity index (χ3n) is 10.5. The van der Waals surface area contributed by atoms with E-state index in [1.807, 2.05) is 0 Å². The standard InChI is InChI=1S/C42H40BrN3O/c1-45-22-19-42(47,38-14-8-13-32-15-16-36(45)28-37(32)38)39-27-35(43)26-33-25-34(24-30-11-6-3-7-12-30)41(44-40(33)39)46-20-17-31(18-21-46)23-29-9-4-2-5-10-29/h2-16,25-28,31,47H,17-24H2,1H3. The number of benzene rings is 5. The molecule has 6 aromatic rings. The maximum atomic E-state index is 13.0. The van der Waals surface area contributed by atoms with Crippen molar-refractivity contribution >= 4 is 49.1 Å². The number of pyridine rings is 1. The van der Waals surface area contributed by atoms with E-state index in [-0.39, 0.29) is 0 Å². The van der Waals surface area contributed by atoms with Crippen LogP contribution in [0.3, 0.4) is 0 Å². The topological polar surface area (TPSA) is 39.6 Å². The molecule has 0 saturated carbocycles. The van der Waals surface area contributed by atoms with Crippen LogP contribution < -0.4 is 9.80 Å². The van der Waals surface area contributed by atoms with Crippen LogP contribution in [0, 0.1) is 5.92 Å². The van der Waals surface area contributed by atoms with E-state index in [0.717, 1.165) is 88.4 Å². The SMILES string of the molecule is CN1CCC(O)(c2cc(Br)cc3cc(Cc4ccccc4)c(N4CCC(Cc5ccccc5)CC4)nc23)c2cccc3ccc1cc23. The second-order valence-corrected chi connectivity index (χ2v) is 14.4. The maximum Gasteiger partial charge on any atom is 0.132 e. The van der Waals surface area contributed by atoms with Gasteiger partial charge in [-0.3, -0.25) is 0 Å². The number of piperidine rings is 1. The molecule has 2 aliphatic heterocycles. The summed E-state index contributed by atoms with van der Waals surface area (Å²) < 4.78 is 0.951. The molecular formula is C42H40BrN3O. The van der Waals surface area contributed by atoms with Gasteiger partial charge in [-0.15, -0.1) is 0 Å². The molecule has 8 rings (SSSR count). The van der Waals surface area contributed by atoms with E-state index < -0.39 is 5.60 Å². The lowest BCUT2D eigenvalue weighted by atomic mass is 9.79. The highest BCUT2D eigenvalue weighted by Gasteiger charge is 2.37. The Hall–Kier alpha value is -4.19. The van der Waals surface area contributed by atoms with Crippen LogP contribution in [0.5, 0.6) is 0 Å². The van der Waals surface area contributed by atoms with Crippen molar-refractivity contribution in [3.8, 4) is 0 Å². The number of anilines is 2. The van der Waals surface area contributed by atoms with E-state index >= 15 is 0 Å². The normalized spacial score (nSPS) is 18.5. The summed E-state index contributed by atoms with van der Waals surface area (Å²) in [6, 6.07) is 41.1. The van der Waals surface area contributed by atoms with Crippen LogP contribution >= 0.6 is 15.9 Å². The number of aliphatic hydroxyl groups is 1. The Bertz CT molecular complexity index is 2060. The predicted molar refractivity (Wildman–Crippen MR) is 199 cm³/mol. The Kier molecular flexibility index (Phi) is 7.98. The van der Waals surface area contributed by atoms with Crippen LogP contribution in [-0.4, -0.2) is 36.8 Å². The Morgan fingerprint density at radius 3 is 2.28 bits per heavy atom. The maximum absolute atomic E-state index is 13.0. The summed E-state index contributed by atoms with van der Waals surface area (Å²) in [5.74, 6) is 1.72. The number of hydrogen-bond donors (Lipinski definition) is 1. The Morgan fingerprint density at radius 1 is 0.766 bits per heavy atom. The first-order valence-corrected chi connectivity index (χ1v) is 17.7. The van der Waals surface area contributed by atoms with Crippen LogP contribution in [0.15, 0.2) is 120 Å². The molecule has 3 heterocycles. The van der Waals surface area contributed by atoms with E-state index in [4.69, 9.17) is 4.98 Å². The van der Waals surface area contributed by atoms with Crippen molar-refractivity contribution in [2.45, 2.75) is 37.7 Å². The van der Waals surface area contributed by atoms with Gasteiger partial charge < -0.3 is 14.9 Å². The molecule has 1 saturated heterocycles. The van der Waals surface area contributed by atoms with E-state index in [1.54, 1.807) is 0 Å². The fourth-order valence-electron chi connectivity index (χ4n) is 7.85. The van der Waals surface area contributed by atoms with Gasteiger partial charge in [0.25, 0.3) is 0 Å². The third-order valence-corrected chi connectivity index (χ3v) is 10.9. The highest BCUT2D eigenvalue weighted by molar-refractivity contribution is 9.10. The van der Waals surface area contributed by atoms with E-state index in [2.05, 4.69) is 148 Å². The van der Waals surface area contributed by atoms with Gasteiger partial charge in [0.15, 0.2) is 0 Å². The van der Waals surface area contributed by atoms with E-state index in [1.165, 1.54) is 22.4 Å². The number of fused-ring (bicyclic) bond motifs is 2. The summed E-state index contributed by atoms with van der Waals surface area (Å²) in [5, 5.41) is 16.3. The molecule has 0 radical (unpaired) electrons. The predicted octanol–water partition coefficient (Wildman–Crippen LogP) is 9.28. The first-order chi connectivity index (χ1) is 22.9. The van der Waals surface area contributed by atoms with Gasteiger partial charge in [0.2, 0.25) is 0 Å². The highest BCUT2D eigenvalue weighted by Crippen LogP contribution is 2.44. The lowest BCUT2D eigenvalue weighted by Crippen LogP contribution is -2.36. The van der Waals surface area contributed by atoms with Crippen molar-refractivity contribution in [2.75, 3.05) is 36.5 Å². The molecular weight excluding hydrogens is 642 g/mol. The summed E-state index contributed by atoms with van der Waals surface area (Å²) in [6.07, 6.45) is 4.78. The van der Waals surface area contributed by atoms with Crippen LogP contribution in [0.4, 0.5) is 11.5 Å². The monoisotopic (exact) mass is 681 g/mol. The van der Waals surface area contributed by atoms with Gasteiger partial charge >= 0.3 is 0 Å². The minimum absolute atomic E-state index is 0.560. The first-order valence-electron chi connectivity index (χ1n) is 16.9. The Balaban J connectivity index is 1.25. The molecule has 0 amide bonds. The average Bonchev–Trinajstić information content (AvgIpc) is 3.10. The summed E-state index contributed by atoms with van der Waals surface area (Å²) in [6.45, 7) is 2.67. The van der Waals surface area contributed by atoms with Gasteiger partial charge in [0, 0.05) is 60.6 Å². The largest absolute Gasteiger partial charge is 0.380 e. The lowest BCUT2D eigenvalue weighted by Gasteiger charge is -2.37. The third kappa shape index (κ3) is 5.81. The molecule has 1 aromatic heterocycles. The van der Waals surface area contributed by atoms with E-state index in [0.29, 0.717) is 12.3 Å². The molecule has 47 heavy (non-hydrogen) atoms. The minimum atomic E-state index is -1.22. The molecule has 236 valence electrons. The zero-order valence-corrected chi connectivity index (χ0v) is 28.5. The fraction of sp³-hybridized carbons (Fsp3) is 0.262. The summed E-state index contributed by atoms with van der Waals surface area (Å²) in [7, 11) is 2.11. The quantitative estimate of drug-likeness (QED) is 0.190. The second kappa shape index (κ2) is 12.4. The van der Waals surface area contributed by atoms with Crippen LogP contribution in [-0.2, 0) is 18.4 Å². The molecule has 1 unspecified atom stereocenters. The van der Waals surface area contributed by atoms with Crippen molar-refractivity contribution in [1.29, 1.82) is 0 Å². The van der Waals surface area contributed by atoms with Crippen molar-refractivity contribution in [1.82, 2.24) is 4.98 Å². The number of aromatic nitrogens is 1. The Labute approximate surface area is 285 Å². The van der Waals surface area contributed by atoms with Gasteiger partial charge in [0.1, 0.15) is 11.4 Å². The molecule has 1 fully saturated rings. The van der Waals surface area contributed by atoms with Crippen molar-refractivity contribution < 1.29 is 5.11 Å². The minimum Gasteiger partial charge on any atom is -0.380 e.